The number of benzene rings is 3. The summed E-state index contributed by atoms with van der Waals surface area (Å²) in [5.74, 6) is 0.147. The molecule has 0 bridgehead atoms. The maximum Gasteiger partial charge on any atom is 0.273 e. The van der Waals surface area contributed by atoms with E-state index < -0.39 is 11.0 Å². The first-order valence-corrected chi connectivity index (χ1v) is 9.23. The summed E-state index contributed by atoms with van der Waals surface area (Å²) in [5, 5.41) is 12.0. The van der Waals surface area contributed by atoms with Gasteiger partial charge in [-0.05, 0) is 12.1 Å². The van der Waals surface area contributed by atoms with E-state index in [9.17, 15) is 14.9 Å². The van der Waals surface area contributed by atoms with Crippen LogP contribution in [-0.4, -0.2) is 22.8 Å². The summed E-state index contributed by atoms with van der Waals surface area (Å²) in [6, 6.07) is 20.5. The minimum Gasteiger partial charge on any atom is -0.493 e. The lowest BCUT2D eigenvalue weighted by molar-refractivity contribution is -0.385. The van der Waals surface area contributed by atoms with E-state index in [1.165, 1.54) is 25.3 Å². The van der Waals surface area contributed by atoms with Crippen molar-refractivity contribution in [1.82, 2.24) is 4.98 Å². The number of para-hydroxylation sites is 1. The van der Waals surface area contributed by atoms with Crippen LogP contribution in [0, 0.1) is 10.1 Å². The molecule has 150 valence electrons. The Bertz CT molecular complexity index is 1220. The second kappa shape index (κ2) is 8.08. The summed E-state index contributed by atoms with van der Waals surface area (Å²) in [4.78, 5) is 27.3. The molecule has 0 aliphatic heterocycles. The standard InChI is InChI=1S/C23H18N2O5/c1-29-20-12-11-16(25(27)28)13-21(20)30-23(15-7-3-2-4-8-15)22(26)18-14-24-19-10-6-5-9-17(18)19/h2-14,23-24H,1H3/t23-/m1/s1. The van der Waals surface area contributed by atoms with E-state index in [0.717, 1.165) is 10.9 Å². The van der Waals surface area contributed by atoms with Gasteiger partial charge in [0.1, 0.15) is 0 Å². The highest BCUT2D eigenvalue weighted by molar-refractivity contribution is 6.10. The van der Waals surface area contributed by atoms with Crippen molar-refractivity contribution in [3.63, 3.8) is 0 Å². The summed E-state index contributed by atoms with van der Waals surface area (Å²) in [5.41, 5.74) is 1.78. The van der Waals surface area contributed by atoms with Gasteiger partial charge in [-0.15, -0.1) is 0 Å². The van der Waals surface area contributed by atoms with Gasteiger partial charge >= 0.3 is 0 Å². The van der Waals surface area contributed by atoms with Crippen molar-refractivity contribution in [2.45, 2.75) is 6.10 Å². The molecule has 0 amide bonds. The summed E-state index contributed by atoms with van der Waals surface area (Å²) >= 11 is 0. The van der Waals surface area contributed by atoms with Gasteiger partial charge in [-0.2, -0.15) is 0 Å². The Morgan fingerprint density at radius 3 is 2.47 bits per heavy atom. The number of rotatable bonds is 7. The molecule has 0 unspecified atom stereocenters. The van der Waals surface area contributed by atoms with E-state index in [0.29, 0.717) is 16.9 Å². The molecule has 3 aromatic carbocycles. The number of nitro groups is 1. The Morgan fingerprint density at radius 2 is 1.73 bits per heavy atom. The Morgan fingerprint density at radius 1 is 1.00 bits per heavy atom. The minimum atomic E-state index is -1.01. The fourth-order valence-electron chi connectivity index (χ4n) is 3.32. The molecule has 0 saturated heterocycles. The molecule has 7 nitrogen and oxygen atoms in total. The molecule has 0 radical (unpaired) electrons. The molecule has 0 saturated carbocycles. The van der Waals surface area contributed by atoms with Gasteiger partial charge in [-0.25, -0.2) is 0 Å². The molecule has 30 heavy (non-hydrogen) atoms. The normalized spacial score (nSPS) is 11.8. The van der Waals surface area contributed by atoms with Crippen molar-refractivity contribution in [3.05, 3.63) is 100 Å². The van der Waals surface area contributed by atoms with Crippen LogP contribution in [-0.2, 0) is 0 Å². The molecule has 1 aromatic heterocycles. The highest BCUT2D eigenvalue weighted by Gasteiger charge is 2.28. The zero-order chi connectivity index (χ0) is 21.1. The summed E-state index contributed by atoms with van der Waals surface area (Å²) < 4.78 is 11.3. The van der Waals surface area contributed by atoms with Crippen LogP contribution in [0.4, 0.5) is 5.69 Å². The zero-order valence-corrected chi connectivity index (χ0v) is 16.1. The fourth-order valence-corrected chi connectivity index (χ4v) is 3.32. The monoisotopic (exact) mass is 402 g/mol. The van der Waals surface area contributed by atoms with Crippen molar-refractivity contribution in [2.24, 2.45) is 0 Å². The number of fused-ring (bicyclic) bond motifs is 1. The number of aromatic nitrogens is 1. The number of nitrogens with one attached hydrogen (secondary N) is 1. The van der Waals surface area contributed by atoms with Gasteiger partial charge in [0.15, 0.2) is 17.6 Å². The lowest BCUT2D eigenvalue weighted by Gasteiger charge is -2.20. The minimum absolute atomic E-state index is 0.119. The van der Waals surface area contributed by atoms with Crippen LogP contribution in [0.2, 0.25) is 0 Å². The third-order valence-electron chi connectivity index (χ3n) is 4.80. The molecule has 0 aliphatic rings. The first kappa shape index (κ1) is 19.2. The number of hydrogen-bond donors (Lipinski definition) is 1. The van der Waals surface area contributed by atoms with Gasteiger partial charge in [0.05, 0.1) is 18.1 Å². The van der Waals surface area contributed by atoms with Gasteiger partial charge < -0.3 is 14.5 Å². The Balaban J connectivity index is 1.79. The number of methoxy groups -OCH3 is 1. The molecule has 0 spiro atoms. The molecular weight excluding hydrogens is 384 g/mol. The van der Waals surface area contributed by atoms with Crippen LogP contribution in [0.25, 0.3) is 10.9 Å². The van der Waals surface area contributed by atoms with E-state index in [1.807, 2.05) is 30.3 Å². The third-order valence-corrected chi connectivity index (χ3v) is 4.80. The van der Waals surface area contributed by atoms with Gasteiger partial charge in [0.2, 0.25) is 5.78 Å². The lowest BCUT2D eigenvalue weighted by atomic mass is 9.99. The number of carbonyl (C=O) groups excluding carboxylic acids is 1. The van der Waals surface area contributed by atoms with Crippen LogP contribution in [0.5, 0.6) is 11.5 Å². The average Bonchev–Trinajstić information content (AvgIpc) is 3.21. The number of carbonyl (C=O) groups is 1. The highest BCUT2D eigenvalue weighted by Crippen LogP contribution is 2.36. The van der Waals surface area contributed by atoms with Crippen molar-refractivity contribution in [2.75, 3.05) is 7.11 Å². The van der Waals surface area contributed by atoms with Crippen LogP contribution < -0.4 is 9.47 Å². The number of H-pyrrole nitrogens is 1. The molecule has 1 heterocycles. The van der Waals surface area contributed by atoms with Crippen molar-refractivity contribution in [1.29, 1.82) is 0 Å². The van der Waals surface area contributed by atoms with Crippen molar-refractivity contribution in [3.8, 4) is 11.5 Å². The predicted molar refractivity (Wildman–Crippen MR) is 112 cm³/mol. The molecule has 4 aromatic rings. The van der Waals surface area contributed by atoms with E-state index in [1.54, 1.807) is 30.5 Å². The molecule has 0 aliphatic carbocycles. The van der Waals surface area contributed by atoms with Gasteiger partial charge in [-0.1, -0.05) is 48.5 Å². The number of nitro benzene ring substituents is 1. The quantitative estimate of drug-likeness (QED) is 0.264. The summed E-state index contributed by atoms with van der Waals surface area (Å²) in [6.45, 7) is 0. The number of ether oxygens (including phenoxy) is 2. The van der Waals surface area contributed by atoms with Gasteiger partial charge in [0.25, 0.3) is 5.69 Å². The topological polar surface area (TPSA) is 94.5 Å². The second-order valence-electron chi connectivity index (χ2n) is 6.61. The van der Waals surface area contributed by atoms with Gasteiger partial charge in [-0.3, -0.25) is 14.9 Å². The number of non-ortho nitro benzene ring substituents is 1. The fraction of sp³-hybridized carbons (Fsp3) is 0.0870. The maximum absolute atomic E-state index is 13.5. The molecule has 7 heteroatoms. The van der Waals surface area contributed by atoms with Crippen molar-refractivity contribution >= 4 is 22.4 Å². The Hall–Kier alpha value is -4.13. The first-order valence-electron chi connectivity index (χ1n) is 9.23. The molecular formula is C23H18N2O5. The number of nitrogens with zero attached hydrogens (tertiary/aromatic N) is 1. The first-order chi connectivity index (χ1) is 14.6. The number of Topliss-reactive ketones (excluding diaryl/α,β-unsaturated/α-hetero) is 1. The lowest BCUT2D eigenvalue weighted by Crippen LogP contribution is -2.19. The van der Waals surface area contributed by atoms with E-state index >= 15 is 0 Å². The molecule has 0 fully saturated rings. The Labute approximate surface area is 172 Å². The summed E-state index contributed by atoms with van der Waals surface area (Å²) in [7, 11) is 1.44. The van der Waals surface area contributed by atoms with Crippen LogP contribution in [0.15, 0.2) is 79.0 Å². The largest absolute Gasteiger partial charge is 0.493 e. The molecule has 1 atom stereocenters. The molecule has 1 N–H and O–H groups in total. The highest BCUT2D eigenvalue weighted by atomic mass is 16.6. The van der Waals surface area contributed by atoms with Gasteiger partial charge in [0, 0.05) is 34.3 Å². The smallest absolute Gasteiger partial charge is 0.273 e. The van der Waals surface area contributed by atoms with Crippen LogP contribution in [0.3, 0.4) is 0 Å². The summed E-state index contributed by atoms with van der Waals surface area (Å²) in [6.07, 6.45) is 0.637. The van der Waals surface area contributed by atoms with E-state index in [2.05, 4.69) is 4.98 Å². The predicted octanol–water partition coefficient (Wildman–Crippen LogP) is 5.09. The van der Waals surface area contributed by atoms with Crippen LogP contribution in [0.1, 0.15) is 22.0 Å². The average molecular weight is 402 g/mol. The van der Waals surface area contributed by atoms with E-state index in [4.69, 9.17) is 9.47 Å². The number of aromatic amines is 1. The van der Waals surface area contributed by atoms with Crippen LogP contribution >= 0.6 is 0 Å². The SMILES string of the molecule is COc1ccc([N+](=O)[O-])cc1O[C@@H](C(=O)c1c[nH]c2ccccc12)c1ccccc1. The third kappa shape index (κ3) is 3.60. The van der Waals surface area contributed by atoms with Crippen molar-refractivity contribution < 1.29 is 19.2 Å². The zero-order valence-electron chi connectivity index (χ0n) is 16.1. The van der Waals surface area contributed by atoms with E-state index in [-0.39, 0.29) is 17.2 Å². The number of ketones is 1. The second-order valence-corrected chi connectivity index (χ2v) is 6.61. The molecule has 4 rings (SSSR count). The Kier molecular flexibility index (Phi) is 5.17. The maximum atomic E-state index is 13.5. The number of hydrogen-bond acceptors (Lipinski definition) is 5.